The second kappa shape index (κ2) is 7.36. The van der Waals surface area contributed by atoms with E-state index in [0.29, 0.717) is 6.42 Å². The van der Waals surface area contributed by atoms with Crippen LogP contribution >= 0.6 is 15.9 Å². The lowest BCUT2D eigenvalue weighted by Crippen LogP contribution is -2.39. The molecule has 0 saturated carbocycles. The fourth-order valence-electron chi connectivity index (χ4n) is 3.37. The van der Waals surface area contributed by atoms with Crippen molar-refractivity contribution in [3.8, 4) is 5.75 Å². The monoisotopic (exact) mass is 389 g/mol. The molecule has 1 aliphatic rings. The van der Waals surface area contributed by atoms with Gasteiger partial charge in [0.15, 0.2) is 0 Å². The lowest BCUT2D eigenvalue weighted by atomic mass is 9.96. The molecule has 0 spiro atoms. The Morgan fingerprint density at radius 2 is 1.75 bits per heavy atom. The predicted molar refractivity (Wildman–Crippen MR) is 96.3 cm³/mol. The van der Waals surface area contributed by atoms with Crippen molar-refractivity contribution in [2.45, 2.75) is 24.9 Å². The van der Waals surface area contributed by atoms with E-state index in [-0.39, 0.29) is 6.04 Å². The highest BCUT2D eigenvalue weighted by Crippen LogP contribution is 2.36. The van der Waals surface area contributed by atoms with Gasteiger partial charge >= 0.3 is 5.97 Å². The van der Waals surface area contributed by atoms with Crippen LogP contribution in [0.15, 0.2) is 53.0 Å². The third kappa shape index (κ3) is 3.47. The van der Waals surface area contributed by atoms with Crippen LogP contribution in [0.25, 0.3) is 0 Å². The lowest BCUT2D eigenvalue weighted by Gasteiger charge is -2.32. The zero-order valence-corrected chi connectivity index (χ0v) is 15.1. The van der Waals surface area contributed by atoms with E-state index in [0.717, 1.165) is 34.3 Å². The fourth-order valence-corrected chi connectivity index (χ4v) is 3.63. The number of carboxylic acids is 1. The van der Waals surface area contributed by atoms with Crippen molar-refractivity contribution in [2.75, 3.05) is 13.7 Å². The van der Waals surface area contributed by atoms with Crippen molar-refractivity contribution in [3.63, 3.8) is 0 Å². The van der Waals surface area contributed by atoms with Gasteiger partial charge in [-0.25, -0.2) is 0 Å². The van der Waals surface area contributed by atoms with Gasteiger partial charge in [0.25, 0.3) is 0 Å². The molecule has 2 atom stereocenters. The molecule has 3 rings (SSSR count). The number of carbonyl (C=O) groups is 1. The second-order valence-electron chi connectivity index (χ2n) is 5.96. The van der Waals surface area contributed by atoms with Crippen LogP contribution in [0.1, 0.15) is 30.0 Å². The highest BCUT2D eigenvalue weighted by atomic mass is 79.9. The number of rotatable bonds is 5. The zero-order chi connectivity index (χ0) is 17.1. The van der Waals surface area contributed by atoms with Crippen LogP contribution in [-0.4, -0.2) is 35.7 Å². The van der Waals surface area contributed by atoms with Crippen LogP contribution in [0.2, 0.25) is 0 Å². The van der Waals surface area contributed by atoms with Gasteiger partial charge in [0.2, 0.25) is 0 Å². The SMILES string of the molecule is COc1ccc(C(c2ccc(Br)cc2)N2CCCC2C(=O)O)cc1. The van der Waals surface area contributed by atoms with Crippen LogP contribution in [0, 0.1) is 0 Å². The summed E-state index contributed by atoms with van der Waals surface area (Å²) in [5.41, 5.74) is 2.17. The fraction of sp³-hybridized carbons (Fsp3) is 0.316. The summed E-state index contributed by atoms with van der Waals surface area (Å²) >= 11 is 3.46. The van der Waals surface area contributed by atoms with E-state index < -0.39 is 12.0 Å². The maximum atomic E-state index is 11.7. The van der Waals surface area contributed by atoms with Crippen molar-refractivity contribution in [1.29, 1.82) is 0 Å². The molecule has 1 N–H and O–H groups in total. The van der Waals surface area contributed by atoms with E-state index >= 15 is 0 Å². The second-order valence-corrected chi connectivity index (χ2v) is 6.88. The van der Waals surface area contributed by atoms with Crippen LogP contribution in [0.3, 0.4) is 0 Å². The summed E-state index contributed by atoms with van der Waals surface area (Å²) in [5.74, 6) is 0.0487. The Bertz CT molecular complexity index is 700. The molecule has 1 fully saturated rings. The summed E-state index contributed by atoms with van der Waals surface area (Å²) in [7, 11) is 1.64. The van der Waals surface area contributed by atoms with E-state index in [1.165, 1.54) is 0 Å². The summed E-state index contributed by atoms with van der Waals surface area (Å²) in [5, 5.41) is 9.58. The number of nitrogens with zero attached hydrogens (tertiary/aromatic N) is 1. The van der Waals surface area contributed by atoms with Crippen molar-refractivity contribution in [2.24, 2.45) is 0 Å². The molecule has 0 bridgehead atoms. The normalized spacial score (nSPS) is 19.2. The smallest absolute Gasteiger partial charge is 0.320 e. The molecule has 1 heterocycles. The largest absolute Gasteiger partial charge is 0.497 e. The molecular formula is C19H20BrNO3. The lowest BCUT2D eigenvalue weighted by molar-refractivity contribution is -0.142. The van der Waals surface area contributed by atoms with E-state index in [2.05, 4.69) is 33.0 Å². The highest BCUT2D eigenvalue weighted by Gasteiger charge is 2.36. The maximum absolute atomic E-state index is 11.7. The minimum Gasteiger partial charge on any atom is -0.497 e. The molecule has 1 saturated heterocycles. The van der Waals surface area contributed by atoms with Gasteiger partial charge in [-0.1, -0.05) is 40.2 Å². The molecule has 0 aliphatic carbocycles. The van der Waals surface area contributed by atoms with Gasteiger partial charge in [0, 0.05) is 11.0 Å². The molecule has 5 heteroatoms. The summed E-state index contributed by atoms with van der Waals surface area (Å²) < 4.78 is 6.25. The van der Waals surface area contributed by atoms with Gasteiger partial charge in [0.05, 0.1) is 13.2 Å². The molecule has 24 heavy (non-hydrogen) atoms. The zero-order valence-electron chi connectivity index (χ0n) is 13.5. The Balaban J connectivity index is 2.02. The molecule has 4 nitrogen and oxygen atoms in total. The Hall–Kier alpha value is -1.85. The average Bonchev–Trinajstić information content (AvgIpc) is 3.07. The summed E-state index contributed by atoms with van der Waals surface area (Å²) in [6.07, 6.45) is 1.60. The molecule has 0 aromatic heterocycles. The van der Waals surface area contributed by atoms with Gasteiger partial charge in [-0.3, -0.25) is 9.69 Å². The van der Waals surface area contributed by atoms with Crippen LogP contribution in [-0.2, 0) is 4.79 Å². The topological polar surface area (TPSA) is 49.8 Å². The number of methoxy groups -OCH3 is 1. The number of halogens is 1. The number of likely N-dealkylation sites (tertiary alicyclic amines) is 1. The Morgan fingerprint density at radius 1 is 1.17 bits per heavy atom. The van der Waals surface area contributed by atoms with Crippen LogP contribution in [0.4, 0.5) is 0 Å². The van der Waals surface area contributed by atoms with Gasteiger partial charge in [-0.2, -0.15) is 0 Å². The molecule has 2 aromatic rings. The number of benzene rings is 2. The van der Waals surface area contributed by atoms with Crippen molar-refractivity contribution in [1.82, 2.24) is 4.90 Å². The summed E-state index contributed by atoms with van der Waals surface area (Å²) in [4.78, 5) is 13.8. The number of aliphatic carboxylic acids is 1. The molecule has 1 aliphatic heterocycles. The van der Waals surface area contributed by atoms with E-state index in [4.69, 9.17) is 4.74 Å². The van der Waals surface area contributed by atoms with Gasteiger partial charge in [-0.05, 0) is 48.2 Å². The number of ether oxygens (including phenoxy) is 1. The van der Waals surface area contributed by atoms with E-state index in [1.54, 1.807) is 7.11 Å². The van der Waals surface area contributed by atoms with Crippen molar-refractivity contribution in [3.05, 3.63) is 64.1 Å². The first-order chi connectivity index (χ1) is 11.6. The molecule has 0 amide bonds. The quantitative estimate of drug-likeness (QED) is 0.836. The van der Waals surface area contributed by atoms with Crippen molar-refractivity contribution < 1.29 is 14.6 Å². The number of hydrogen-bond acceptors (Lipinski definition) is 3. The minimum atomic E-state index is -0.747. The highest BCUT2D eigenvalue weighted by molar-refractivity contribution is 9.10. The molecule has 126 valence electrons. The predicted octanol–water partition coefficient (Wildman–Crippen LogP) is 4.10. The third-order valence-corrected chi connectivity index (χ3v) is 5.06. The van der Waals surface area contributed by atoms with Crippen molar-refractivity contribution >= 4 is 21.9 Å². The summed E-state index contributed by atoms with van der Waals surface area (Å²) in [6.45, 7) is 0.781. The molecule has 2 aromatic carbocycles. The first-order valence-corrected chi connectivity index (χ1v) is 8.77. The number of hydrogen-bond donors (Lipinski definition) is 1. The first-order valence-electron chi connectivity index (χ1n) is 7.98. The third-order valence-electron chi connectivity index (χ3n) is 4.53. The van der Waals surface area contributed by atoms with E-state index in [1.807, 2.05) is 36.4 Å². The number of carboxylic acid groups (broad SMARTS) is 1. The maximum Gasteiger partial charge on any atom is 0.320 e. The average molecular weight is 390 g/mol. The Morgan fingerprint density at radius 3 is 2.29 bits per heavy atom. The molecule has 2 unspecified atom stereocenters. The molecular weight excluding hydrogens is 370 g/mol. The van der Waals surface area contributed by atoms with Gasteiger partial charge in [0.1, 0.15) is 11.8 Å². The summed E-state index contributed by atoms with van der Waals surface area (Å²) in [6, 6.07) is 15.5. The van der Waals surface area contributed by atoms with Crippen LogP contribution in [0.5, 0.6) is 5.75 Å². The van der Waals surface area contributed by atoms with E-state index in [9.17, 15) is 9.90 Å². The van der Waals surface area contributed by atoms with Crippen LogP contribution < -0.4 is 4.74 Å². The first kappa shape index (κ1) is 17.0. The standard InChI is InChI=1S/C19H20BrNO3/c1-24-16-10-6-14(7-11-16)18(13-4-8-15(20)9-5-13)21-12-2-3-17(21)19(22)23/h4-11,17-18H,2-3,12H2,1H3,(H,22,23). The Kier molecular flexibility index (Phi) is 5.21. The molecule has 0 radical (unpaired) electrons. The Labute approximate surface area is 150 Å². The van der Waals surface area contributed by atoms with Gasteiger partial charge < -0.3 is 9.84 Å². The minimum absolute atomic E-state index is 0.0763. The van der Waals surface area contributed by atoms with Gasteiger partial charge in [-0.15, -0.1) is 0 Å².